The predicted octanol–water partition coefficient (Wildman–Crippen LogP) is 1.84. The van der Waals surface area contributed by atoms with E-state index in [-0.39, 0.29) is 5.91 Å². The molecule has 1 N–H and O–H groups in total. The molecule has 2 aromatic heterocycles. The second-order valence-electron chi connectivity index (χ2n) is 6.04. The molecule has 0 unspecified atom stereocenters. The number of carbonyl (C=O) groups excluding carboxylic acids is 1. The van der Waals surface area contributed by atoms with Crippen LogP contribution in [0.1, 0.15) is 39.3 Å². The third-order valence-electron chi connectivity index (χ3n) is 3.20. The predicted molar refractivity (Wildman–Crippen MR) is 79.8 cm³/mol. The van der Waals surface area contributed by atoms with E-state index < -0.39 is 5.41 Å². The number of carbonyl (C=O) groups is 1. The summed E-state index contributed by atoms with van der Waals surface area (Å²) in [4.78, 5) is 11.9. The largest absolute Gasteiger partial charge is 0.323 e. The molecule has 2 heterocycles. The summed E-state index contributed by atoms with van der Waals surface area (Å²) in [5, 5.41) is 15.3. The highest BCUT2D eigenvalue weighted by atomic mass is 16.2. The van der Waals surface area contributed by atoms with Gasteiger partial charge in [-0.2, -0.15) is 5.10 Å². The number of anilines is 1. The molecule has 0 spiro atoms. The summed E-state index contributed by atoms with van der Waals surface area (Å²) in [7, 11) is 0. The highest BCUT2D eigenvalue weighted by Gasteiger charge is 2.21. The van der Waals surface area contributed by atoms with Gasteiger partial charge in [-0.15, -0.1) is 10.2 Å². The van der Waals surface area contributed by atoms with Crippen LogP contribution in [0.15, 0.2) is 12.4 Å². The van der Waals surface area contributed by atoms with Crippen LogP contribution in [0.5, 0.6) is 0 Å². The van der Waals surface area contributed by atoms with Gasteiger partial charge in [0.1, 0.15) is 12.4 Å². The van der Waals surface area contributed by atoms with Gasteiger partial charge >= 0.3 is 0 Å². The van der Waals surface area contributed by atoms with E-state index in [1.807, 2.05) is 32.3 Å². The first-order valence-electron chi connectivity index (χ1n) is 7.04. The monoisotopic (exact) mass is 290 g/mol. The molecule has 21 heavy (non-hydrogen) atoms. The number of nitrogens with one attached hydrogen (secondary N) is 1. The zero-order chi connectivity index (χ0) is 15.6. The van der Waals surface area contributed by atoms with Gasteiger partial charge < -0.3 is 9.88 Å². The van der Waals surface area contributed by atoms with E-state index >= 15 is 0 Å². The van der Waals surface area contributed by atoms with Crippen molar-refractivity contribution in [1.82, 2.24) is 24.5 Å². The van der Waals surface area contributed by atoms with Crippen LogP contribution in [-0.4, -0.2) is 30.5 Å². The van der Waals surface area contributed by atoms with E-state index in [0.29, 0.717) is 12.2 Å². The fourth-order valence-corrected chi connectivity index (χ4v) is 1.93. The molecule has 0 atom stereocenters. The summed E-state index contributed by atoms with van der Waals surface area (Å²) in [5.74, 6) is 1.71. The van der Waals surface area contributed by atoms with Crippen LogP contribution in [0, 0.1) is 12.3 Å². The van der Waals surface area contributed by atoms with Gasteiger partial charge in [0, 0.05) is 18.2 Å². The Morgan fingerprint density at radius 1 is 1.33 bits per heavy atom. The Hall–Kier alpha value is -2.18. The second-order valence-corrected chi connectivity index (χ2v) is 6.04. The molecule has 7 nitrogen and oxygen atoms in total. The Balaban J connectivity index is 2.08. The molecule has 0 saturated heterocycles. The van der Waals surface area contributed by atoms with Crippen molar-refractivity contribution in [3.8, 4) is 0 Å². The molecule has 0 fully saturated rings. The van der Waals surface area contributed by atoms with Crippen molar-refractivity contribution in [3.63, 3.8) is 0 Å². The van der Waals surface area contributed by atoms with Gasteiger partial charge in [-0.3, -0.25) is 9.48 Å². The Morgan fingerprint density at radius 3 is 2.67 bits per heavy atom. The fraction of sp³-hybridized carbons (Fsp3) is 0.571. The maximum Gasteiger partial charge on any atom is 0.229 e. The normalized spacial score (nSPS) is 11.7. The van der Waals surface area contributed by atoms with Gasteiger partial charge in [-0.25, -0.2) is 0 Å². The molecule has 0 aliphatic heterocycles. The summed E-state index contributed by atoms with van der Waals surface area (Å²) in [5.41, 5.74) is 0.260. The van der Waals surface area contributed by atoms with Gasteiger partial charge in [0.05, 0.1) is 11.9 Å². The minimum atomic E-state index is -0.429. The summed E-state index contributed by atoms with van der Waals surface area (Å²) in [6.07, 6.45) is 3.44. The quantitative estimate of drug-likeness (QED) is 0.932. The molecular weight excluding hydrogens is 268 g/mol. The zero-order valence-electron chi connectivity index (χ0n) is 13.2. The number of aromatic nitrogens is 5. The summed E-state index contributed by atoms with van der Waals surface area (Å²) in [6, 6.07) is 0. The smallest absolute Gasteiger partial charge is 0.229 e. The lowest BCUT2D eigenvalue weighted by molar-refractivity contribution is -0.123. The first-order valence-corrected chi connectivity index (χ1v) is 7.04. The van der Waals surface area contributed by atoms with Gasteiger partial charge in [0.25, 0.3) is 0 Å². The highest BCUT2D eigenvalue weighted by Crippen LogP contribution is 2.17. The molecule has 0 saturated carbocycles. The van der Waals surface area contributed by atoms with E-state index in [1.165, 1.54) is 0 Å². The Morgan fingerprint density at radius 2 is 2.05 bits per heavy atom. The first-order chi connectivity index (χ1) is 9.81. The van der Waals surface area contributed by atoms with Crippen molar-refractivity contribution >= 4 is 11.6 Å². The molecule has 2 rings (SSSR count). The van der Waals surface area contributed by atoms with Crippen LogP contribution >= 0.6 is 0 Å². The third kappa shape index (κ3) is 3.48. The second kappa shape index (κ2) is 5.67. The number of hydrogen-bond donors (Lipinski definition) is 1. The van der Waals surface area contributed by atoms with Crippen molar-refractivity contribution in [2.75, 3.05) is 5.32 Å². The van der Waals surface area contributed by atoms with E-state index in [0.717, 1.165) is 18.2 Å². The standard InChI is InChI=1S/C14H22N6O/c1-6-20-10(2)17-18-12(20)9-19-8-11(7-15-19)16-13(21)14(3,4)5/h7-8H,6,9H2,1-5H3,(H,16,21). The summed E-state index contributed by atoms with van der Waals surface area (Å²) >= 11 is 0. The average molecular weight is 290 g/mol. The number of aryl methyl sites for hydroxylation is 1. The minimum absolute atomic E-state index is 0.0328. The SMILES string of the molecule is CCn1c(C)nnc1Cn1cc(NC(=O)C(C)(C)C)cn1. The number of nitrogens with zero attached hydrogens (tertiary/aromatic N) is 5. The minimum Gasteiger partial charge on any atom is -0.323 e. The summed E-state index contributed by atoms with van der Waals surface area (Å²) in [6.45, 7) is 11.0. The maximum atomic E-state index is 11.9. The molecule has 0 aliphatic rings. The number of amides is 1. The van der Waals surface area contributed by atoms with Crippen LogP contribution < -0.4 is 5.32 Å². The molecule has 0 aromatic carbocycles. The Bertz CT molecular complexity index is 634. The van der Waals surface area contributed by atoms with E-state index in [9.17, 15) is 4.79 Å². The van der Waals surface area contributed by atoms with Crippen molar-refractivity contribution in [1.29, 1.82) is 0 Å². The molecule has 2 aromatic rings. The zero-order valence-corrected chi connectivity index (χ0v) is 13.2. The highest BCUT2D eigenvalue weighted by molar-refractivity contribution is 5.94. The van der Waals surface area contributed by atoms with E-state index in [4.69, 9.17) is 0 Å². The molecule has 7 heteroatoms. The first kappa shape index (κ1) is 15.2. The van der Waals surface area contributed by atoms with Crippen LogP contribution in [0.4, 0.5) is 5.69 Å². The van der Waals surface area contributed by atoms with E-state index in [2.05, 4.69) is 27.5 Å². The van der Waals surface area contributed by atoms with Crippen LogP contribution in [-0.2, 0) is 17.9 Å². The van der Waals surface area contributed by atoms with Gasteiger partial charge in [0.2, 0.25) is 5.91 Å². The fourth-order valence-electron chi connectivity index (χ4n) is 1.93. The third-order valence-corrected chi connectivity index (χ3v) is 3.20. The molecule has 0 radical (unpaired) electrons. The lowest BCUT2D eigenvalue weighted by Gasteiger charge is -2.16. The van der Waals surface area contributed by atoms with Crippen molar-refractivity contribution in [2.24, 2.45) is 5.41 Å². The Kier molecular flexibility index (Phi) is 4.11. The average Bonchev–Trinajstić information content (AvgIpc) is 2.96. The van der Waals surface area contributed by atoms with Crippen LogP contribution in [0.25, 0.3) is 0 Å². The molecule has 1 amide bonds. The number of hydrogen-bond acceptors (Lipinski definition) is 4. The molecule has 114 valence electrons. The maximum absolute atomic E-state index is 11.9. The number of rotatable bonds is 4. The van der Waals surface area contributed by atoms with Crippen LogP contribution in [0.3, 0.4) is 0 Å². The van der Waals surface area contributed by atoms with Crippen molar-refractivity contribution in [2.45, 2.75) is 47.7 Å². The van der Waals surface area contributed by atoms with Gasteiger partial charge in [-0.05, 0) is 13.8 Å². The van der Waals surface area contributed by atoms with Gasteiger partial charge in [-0.1, -0.05) is 20.8 Å². The lowest BCUT2D eigenvalue weighted by Crippen LogP contribution is -2.27. The van der Waals surface area contributed by atoms with Gasteiger partial charge in [0.15, 0.2) is 5.82 Å². The summed E-state index contributed by atoms with van der Waals surface area (Å²) < 4.78 is 3.78. The molecule has 0 bridgehead atoms. The Labute approximate surface area is 124 Å². The molecule has 0 aliphatic carbocycles. The topological polar surface area (TPSA) is 77.6 Å². The molecular formula is C14H22N6O. The van der Waals surface area contributed by atoms with Crippen molar-refractivity contribution in [3.05, 3.63) is 24.0 Å². The van der Waals surface area contributed by atoms with Crippen LogP contribution in [0.2, 0.25) is 0 Å². The van der Waals surface area contributed by atoms with E-state index in [1.54, 1.807) is 17.1 Å². The lowest BCUT2D eigenvalue weighted by atomic mass is 9.96. The van der Waals surface area contributed by atoms with Crippen molar-refractivity contribution < 1.29 is 4.79 Å².